The van der Waals surface area contributed by atoms with Crippen molar-refractivity contribution in [2.75, 3.05) is 20.3 Å². The molecule has 2 atom stereocenters. The van der Waals surface area contributed by atoms with E-state index in [1.165, 1.54) is 0 Å². The van der Waals surface area contributed by atoms with Crippen molar-refractivity contribution in [1.82, 2.24) is 5.32 Å². The van der Waals surface area contributed by atoms with Gasteiger partial charge in [-0.25, -0.2) is 0 Å². The Labute approximate surface area is 107 Å². The van der Waals surface area contributed by atoms with E-state index in [2.05, 4.69) is 5.32 Å². The first-order valence-electron chi connectivity index (χ1n) is 6.25. The zero-order chi connectivity index (χ0) is 12.8. The number of ether oxygens (including phenoxy) is 2. The Morgan fingerprint density at radius 3 is 2.50 bits per heavy atom. The van der Waals surface area contributed by atoms with Crippen LogP contribution in [0.4, 0.5) is 0 Å². The average Bonchev–Trinajstić information content (AvgIpc) is 2.85. The van der Waals surface area contributed by atoms with Gasteiger partial charge in [0, 0.05) is 24.8 Å². The monoisotopic (exact) mass is 249 g/mol. The molecule has 98 valence electrons. The van der Waals surface area contributed by atoms with Gasteiger partial charge in [0.25, 0.3) is 0 Å². The Morgan fingerprint density at radius 2 is 1.89 bits per heavy atom. The third-order valence-corrected chi connectivity index (χ3v) is 3.17. The Morgan fingerprint density at radius 1 is 1.22 bits per heavy atom. The number of carbonyl (C=O) groups is 1. The summed E-state index contributed by atoms with van der Waals surface area (Å²) in [6.45, 7) is 1.41. The summed E-state index contributed by atoms with van der Waals surface area (Å²) < 4.78 is 10.8. The average molecular weight is 249 g/mol. The van der Waals surface area contributed by atoms with E-state index in [4.69, 9.17) is 9.47 Å². The molecule has 18 heavy (non-hydrogen) atoms. The van der Waals surface area contributed by atoms with Crippen LogP contribution in [-0.2, 0) is 4.74 Å². The number of methoxy groups -OCH3 is 1. The van der Waals surface area contributed by atoms with Crippen LogP contribution in [0.1, 0.15) is 23.2 Å². The van der Waals surface area contributed by atoms with Crippen LogP contribution in [0.15, 0.2) is 24.3 Å². The van der Waals surface area contributed by atoms with E-state index in [1.54, 1.807) is 19.2 Å². The lowest BCUT2D eigenvalue weighted by Crippen LogP contribution is -2.35. The quantitative estimate of drug-likeness (QED) is 0.779. The fourth-order valence-corrected chi connectivity index (χ4v) is 2.21. The standard InChI is InChI=1S/C14H19NO3/c1-17-9-12-4-5-13(15-12)10-18-14-6-2-11(8-16)3-7-14/h2-3,6-8,12-13,15H,4-5,9-10H2,1H3/t12?,13-/m0/s1. The largest absolute Gasteiger partial charge is 0.492 e. The summed E-state index contributed by atoms with van der Waals surface area (Å²) in [5.41, 5.74) is 0.668. The van der Waals surface area contributed by atoms with Gasteiger partial charge >= 0.3 is 0 Å². The lowest BCUT2D eigenvalue weighted by atomic mass is 10.2. The first kappa shape index (κ1) is 13.1. The number of aldehydes is 1. The second kappa shape index (κ2) is 6.52. The molecular weight excluding hydrogens is 230 g/mol. The lowest BCUT2D eigenvalue weighted by Gasteiger charge is -2.14. The van der Waals surface area contributed by atoms with E-state index < -0.39 is 0 Å². The molecule has 1 unspecified atom stereocenters. The fraction of sp³-hybridized carbons (Fsp3) is 0.500. The van der Waals surface area contributed by atoms with Gasteiger partial charge in [-0.05, 0) is 37.1 Å². The molecule has 1 heterocycles. The minimum atomic E-state index is 0.385. The summed E-state index contributed by atoms with van der Waals surface area (Å²) >= 11 is 0. The summed E-state index contributed by atoms with van der Waals surface area (Å²) in [6, 6.07) is 8.00. The molecule has 1 aromatic carbocycles. The van der Waals surface area contributed by atoms with Crippen LogP contribution >= 0.6 is 0 Å². The van der Waals surface area contributed by atoms with Crippen molar-refractivity contribution in [3.63, 3.8) is 0 Å². The summed E-state index contributed by atoms with van der Waals surface area (Å²) in [4.78, 5) is 10.5. The van der Waals surface area contributed by atoms with Crippen molar-refractivity contribution in [3.05, 3.63) is 29.8 Å². The third-order valence-electron chi connectivity index (χ3n) is 3.17. The van der Waals surface area contributed by atoms with E-state index in [1.807, 2.05) is 12.1 Å². The number of nitrogens with one attached hydrogen (secondary N) is 1. The van der Waals surface area contributed by atoms with Crippen LogP contribution < -0.4 is 10.1 Å². The molecule has 1 aliphatic heterocycles. The number of benzene rings is 1. The van der Waals surface area contributed by atoms with Gasteiger partial charge < -0.3 is 14.8 Å². The maximum atomic E-state index is 10.5. The minimum absolute atomic E-state index is 0.385. The van der Waals surface area contributed by atoms with Crippen LogP contribution in [0.2, 0.25) is 0 Å². The van der Waals surface area contributed by atoms with Crippen LogP contribution in [-0.4, -0.2) is 38.7 Å². The van der Waals surface area contributed by atoms with Crippen LogP contribution in [0.25, 0.3) is 0 Å². The van der Waals surface area contributed by atoms with Crippen molar-refractivity contribution in [2.24, 2.45) is 0 Å². The van der Waals surface area contributed by atoms with Crippen molar-refractivity contribution in [3.8, 4) is 5.75 Å². The molecule has 0 spiro atoms. The van der Waals surface area contributed by atoms with E-state index in [0.29, 0.717) is 24.3 Å². The van der Waals surface area contributed by atoms with Gasteiger partial charge in [-0.15, -0.1) is 0 Å². The van der Waals surface area contributed by atoms with Gasteiger partial charge in [0.2, 0.25) is 0 Å². The Kier molecular flexibility index (Phi) is 4.73. The summed E-state index contributed by atoms with van der Waals surface area (Å²) in [5.74, 6) is 0.803. The van der Waals surface area contributed by atoms with Crippen molar-refractivity contribution in [2.45, 2.75) is 24.9 Å². The number of hydrogen-bond acceptors (Lipinski definition) is 4. The molecule has 1 aliphatic rings. The van der Waals surface area contributed by atoms with Crippen molar-refractivity contribution >= 4 is 6.29 Å². The molecule has 0 bridgehead atoms. The zero-order valence-electron chi connectivity index (χ0n) is 10.6. The highest BCUT2D eigenvalue weighted by Gasteiger charge is 2.23. The second-order valence-corrected chi connectivity index (χ2v) is 4.59. The SMILES string of the molecule is COCC1CC[C@@H](COc2ccc(C=O)cc2)N1. The molecule has 1 saturated heterocycles. The third kappa shape index (κ3) is 3.55. The van der Waals surface area contributed by atoms with Crippen LogP contribution in [0, 0.1) is 0 Å². The van der Waals surface area contributed by atoms with Crippen LogP contribution in [0.3, 0.4) is 0 Å². The molecule has 1 fully saturated rings. The highest BCUT2D eigenvalue weighted by Crippen LogP contribution is 2.16. The van der Waals surface area contributed by atoms with E-state index in [0.717, 1.165) is 31.5 Å². The first-order valence-corrected chi connectivity index (χ1v) is 6.25. The molecule has 1 N–H and O–H groups in total. The molecule has 4 heteroatoms. The minimum Gasteiger partial charge on any atom is -0.492 e. The van der Waals surface area contributed by atoms with E-state index in [-0.39, 0.29) is 0 Å². The Balaban J connectivity index is 1.76. The van der Waals surface area contributed by atoms with Gasteiger partial charge in [0.05, 0.1) is 6.61 Å². The fourth-order valence-electron chi connectivity index (χ4n) is 2.21. The normalized spacial score (nSPS) is 22.9. The number of rotatable bonds is 6. The summed E-state index contributed by atoms with van der Waals surface area (Å²) in [5, 5.41) is 3.48. The van der Waals surface area contributed by atoms with E-state index in [9.17, 15) is 4.79 Å². The predicted molar refractivity (Wildman–Crippen MR) is 69.1 cm³/mol. The molecule has 4 nitrogen and oxygen atoms in total. The maximum absolute atomic E-state index is 10.5. The van der Waals surface area contributed by atoms with Gasteiger partial charge in [0.15, 0.2) is 0 Å². The predicted octanol–water partition coefficient (Wildman–Crippen LogP) is 1.64. The van der Waals surface area contributed by atoms with Gasteiger partial charge in [-0.2, -0.15) is 0 Å². The number of carbonyl (C=O) groups excluding carboxylic acids is 1. The first-order chi connectivity index (χ1) is 8.81. The van der Waals surface area contributed by atoms with Gasteiger partial charge in [0.1, 0.15) is 18.6 Å². The topological polar surface area (TPSA) is 47.6 Å². The van der Waals surface area contributed by atoms with Crippen LogP contribution in [0.5, 0.6) is 5.75 Å². The molecule has 0 amide bonds. The highest BCUT2D eigenvalue weighted by atomic mass is 16.5. The summed E-state index contributed by atoms with van der Waals surface area (Å²) in [6.07, 6.45) is 3.07. The Hall–Kier alpha value is -1.39. The molecule has 1 aromatic rings. The van der Waals surface area contributed by atoms with E-state index >= 15 is 0 Å². The number of hydrogen-bond donors (Lipinski definition) is 1. The van der Waals surface area contributed by atoms with Crippen molar-refractivity contribution < 1.29 is 14.3 Å². The molecule has 0 aromatic heterocycles. The highest BCUT2D eigenvalue weighted by molar-refractivity contribution is 5.74. The molecule has 0 radical (unpaired) electrons. The molecule has 0 aliphatic carbocycles. The maximum Gasteiger partial charge on any atom is 0.150 e. The smallest absolute Gasteiger partial charge is 0.150 e. The second-order valence-electron chi connectivity index (χ2n) is 4.59. The summed E-state index contributed by atoms with van der Waals surface area (Å²) in [7, 11) is 1.72. The Bertz CT molecular complexity index is 377. The molecule has 2 rings (SSSR count). The lowest BCUT2D eigenvalue weighted by molar-refractivity contribution is 0.112. The zero-order valence-corrected chi connectivity index (χ0v) is 10.6. The van der Waals surface area contributed by atoms with Crippen molar-refractivity contribution in [1.29, 1.82) is 0 Å². The molecule has 0 saturated carbocycles. The molecular formula is C14H19NO3. The van der Waals surface area contributed by atoms with Gasteiger partial charge in [-0.3, -0.25) is 4.79 Å². The van der Waals surface area contributed by atoms with Gasteiger partial charge in [-0.1, -0.05) is 0 Å².